The van der Waals surface area contributed by atoms with Crippen LogP contribution in [0.2, 0.25) is 0 Å². The van der Waals surface area contributed by atoms with Gasteiger partial charge >= 0.3 is 0 Å². The first-order valence-corrected chi connectivity index (χ1v) is 8.24. The number of thiazole rings is 1. The van der Waals surface area contributed by atoms with Gasteiger partial charge in [-0.15, -0.1) is 11.3 Å². The van der Waals surface area contributed by atoms with Crippen molar-refractivity contribution >= 4 is 11.3 Å². The number of nitrogens with one attached hydrogen (secondary N) is 1. The Hall–Kier alpha value is -0.450. The molecule has 0 spiro atoms. The third-order valence-corrected chi connectivity index (χ3v) is 4.14. The van der Waals surface area contributed by atoms with Gasteiger partial charge in [0.2, 0.25) is 0 Å². The Morgan fingerprint density at radius 1 is 1.26 bits per heavy atom. The SMILES string of the molecule is CCNCc1sc(C(CC)OCC)nc1CC(C)C. The van der Waals surface area contributed by atoms with E-state index >= 15 is 0 Å². The smallest absolute Gasteiger partial charge is 0.122 e. The molecule has 4 heteroatoms. The van der Waals surface area contributed by atoms with Gasteiger partial charge in [-0.05, 0) is 32.2 Å². The molecule has 0 aliphatic heterocycles. The molecule has 3 nitrogen and oxygen atoms in total. The van der Waals surface area contributed by atoms with E-state index in [4.69, 9.17) is 9.72 Å². The highest BCUT2D eigenvalue weighted by Gasteiger charge is 2.18. The van der Waals surface area contributed by atoms with Crippen molar-refractivity contribution in [3.05, 3.63) is 15.6 Å². The van der Waals surface area contributed by atoms with Crippen LogP contribution >= 0.6 is 11.3 Å². The minimum Gasteiger partial charge on any atom is -0.371 e. The third-order valence-electron chi connectivity index (χ3n) is 2.95. The molecule has 1 aromatic heterocycles. The lowest BCUT2D eigenvalue weighted by molar-refractivity contribution is 0.0595. The highest BCUT2D eigenvalue weighted by Crippen LogP contribution is 2.29. The van der Waals surface area contributed by atoms with E-state index in [0.717, 1.165) is 37.5 Å². The van der Waals surface area contributed by atoms with E-state index in [1.54, 1.807) is 0 Å². The average molecular weight is 284 g/mol. The van der Waals surface area contributed by atoms with Gasteiger partial charge in [0, 0.05) is 18.0 Å². The van der Waals surface area contributed by atoms with Crippen molar-refractivity contribution in [2.75, 3.05) is 13.2 Å². The quantitative estimate of drug-likeness (QED) is 0.746. The first-order valence-electron chi connectivity index (χ1n) is 7.43. The van der Waals surface area contributed by atoms with Crippen LogP contribution in [0.25, 0.3) is 0 Å². The molecule has 0 fully saturated rings. The van der Waals surface area contributed by atoms with Crippen molar-refractivity contribution in [2.24, 2.45) is 5.92 Å². The molecule has 0 aliphatic rings. The number of nitrogens with zero attached hydrogens (tertiary/aromatic N) is 1. The average Bonchev–Trinajstić information content (AvgIpc) is 2.75. The van der Waals surface area contributed by atoms with Crippen molar-refractivity contribution in [2.45, 2.75) is 60.1 Å². The standard InChI is InChI=1S/C15H28N2OS/c1-6-13(18-8-3)15-17-12(9-11(4)5)14(19-15)10-16-7-2/h11,13,16H,6-10H2,1-5H3. The van der Waals surface area contributed by atoms with Gasteiger partial charge in [-0.25, -0.2) is 4.98 Å². The maximum Gasteiger partial charge on any atom is 0.122 e. The lowest BCUT2D eigenvalue weighted by atomic mass is 10.1. The molecule has 0 amide bonds. The summed E-state index contributed by atoms with van der Waals surface area (Å²) in [6.07, 6.45) is 2.21. The van der Waals surface area contributed by atoms with Gasteiger partial charge in [-0.2, -0.15) is 0 Å². The fraction of sp³-hybridized carbons (Fsp3) is 0.800. The minimum atomic E-state index is 0.163. The first-order chi connectivity index (χ1) is 9.12. The molecule has 1 heterocycles. The number of hydrogen-bond donors (Lipinski definition) is 1. The van der Waals surface area contributed by atoms with E-state index < -0.39 is 0 Å². The Labute approximate surface area is 121 Å². The molecule has 0 radical (unpaired) electrons. The Morgan fingerprint density at radius 3 is 2.53 bits per heavy atom. The van der Waals surface area contributed by atoms with Gasteiger partial charge in [0.25, 0.3) is 0 Å². The number of rotatable bonds is 9. The summed E-state index contributed by atoms with van der Waals surface area (Å²) < 4.78 is 5.78. The van der Waals surface area contributed by atoms with Crippen molar-refractivity contribution in [1.82, 2.24) is 10.3 Å². The van der Waals surface area contributed by atoms with E-state index in [2.05, 4.69) is 33.0 Å². The topological polar surface area (TPSA) is 34.1 Å². The molecule has 0 saturated heterocycles. The molecule has 1 aromatic rings. The van der Waals surface area contributed by atoms with Crippen LogP contribution in [-0.4, -0.2) is 18.1 Å². The first kappa shape index (κ1) is 16.6. The van der Waals surface area contributed by atoms with Crippen LogP contribution in [-0.2, 0) is 17.7 Å². The summed E-state index contributed by atoms with van der Waals surface area (Å²) in [5, 5.41) is 4.56. The Morgan fingerprint density at radius 2 is 2.00 bits per heavy atom. The lowest BCUT2D eigenvalue weighted by Gasteiger charge is -2.11. The molecule has 19 heavy (non-hydrogen) atoms. The van der Waals surface area contributed by atoms with Gasteiger partial charge in [0.1, 0.15) is 11.1 Å². The van der Waals surface area contributed by atoms with Crippen LogP contribution in [0.4, 0.5) is 0 Å². The zero-order valence-corrected chi connectivity index (χ0v) is 13.8. The molecular formula is C15H28N2OS. The Kier molecular flexibility index (Phi) is 7.57. The highest BCUT2D eigenvalue weighted by molar-refractivity contribution is 7.11. The number of hydrogen-bond acceptors (Lipinski definition) is 4. The van der Waals surface area contributed by atoms with Crippen molar-refractivity contribution in [3.8, 4) is 0 Å². The van der Waals surface area contributed by atoms with Crippen molar-refractivity contribution in [3.63, 3.8) is 0 Å². The molecule has 1 atom stereocenters. The van der Waals surface area contributed by atoms with Crippen molar-refractivity contribution < 1.29 is 4.74 Å². The molecule has 0 aromatic carbocycles. The maximum absolute atomic E-state index is 5.78. The van der Waals surface area contributed by atoms with Gasteiger partial charge in [-0.1, -0.05) is 27.7 Å². The number of ether oxygens (including phenoxy) is 1. The highest BCUT2D eigenvalue weighted by atomic mass is 32.1. The summed E-state index contributed by atoms with van der Waals surface area (Å²) in [4.78, 5) is 6.22. The lowest BCUT2D eigenvalue weighted by Crippen LogP contribution is -2.12. The summed E-state index contributed by atoms with van der Waals surface area (Å²) in [6.45, 7) is 13.5. The van der Waals surface area contributed by atoms with Crippen LogP contribution in [0, 0.1) is 5.92 Å². The summed E-state index contributed by atoms with van der Waals surface area (Å²) >= 11 is 1.82. The van der Waals surface area contributed by atoms with Crippen molar-refractivity contribution in [1.29, 1.82) is 0 Å². The molecule has 0 aliphatic carbocycles. The predicted molar refractivity (Wildman–Crippen MR) is 82.7 cm³/mol. The molecule has 1 N–H and O–H groups in total. The van der Waals surface area contributed by atoms with Crippen LogP contribution in [0.15, 0.2) is 0 Å². The summed E-state index contributed by atoms with van der Waals surface area (Å²) in [5.74, 6) is 0.641. The Bertz CT molecular complexity index is 363. The second-order valence-corrected chi connectivity index (χ2v) is 6.27. The third kappa shape index (κ3) is 5.21. The summed E-state index contributed by atoms with van der Waals surface area (Å²) in [7, 11) is 0. The number of aromatic nitrogens is 1. The van der Waals surface area contributed by atoms with E-state index in [9.17, 15) is 0 Å². The fourth-order valence-corrected chi connectivity index (χ4v) is 3.22. The molecule has 1 unspecified atom stereocenters. The van der Waals surface area contributed by atoms with E-state index in [0.29, 0.717) is 5.92 Å². The van der Waals surface area contributed by atoms with E-state index in [1.165, 1.54) is 10.6 Å². The largest absolute Gasteiger partial charge is 0.371 e. The second-order valence-electron chi connectivity index (χ2n) is 5.15. The van der Waals surface area contributed by atoms with Crippen LogP contribution in [0.5, 0.6) is 0 Å². The second kappa shape index (κ2) is 8.67. The summed E-state index contributed by atoms with van der Waals surface area (Å²) in [5.41, 5.74) is 1.26. The minimum absolute atomic E-state index is 0.163. The van der Waals surface area contributed by atoms with Crippen LogP contribution < -0.4 is 5.32 Å². The molecule has 0 bridgehead atoms. The Balaban J connectivity index is 2.90. The zero-order chi connectivity index (χ0) is 14.3. The van der Waals surface area contributed by atoms with E-state index in [1.807, 2.05) is 18.3 Å². The van der Waals surface area contributed by atoms with Gasteiger partial charge < -0.3 is 10.1 Å². The van der Waals surface area contributed by atoms with Gasteiger partial charge in [0.05, 0.1) is 5.69 Å². The fourth-order valence-electron chi connectivity index (χ4n) is 2.03. The normalized spacial score (nSPS) is 13.2. The van der Waals surface area contributed by atoms with Gasteiger partial charge in [0.15, 0.2) is 0 Å². The summed E-state index contributed by atoms with van der Waals surface area (Å²) in [6, 6.07) is 0. The predicted octanol–water partition coefficient (Wildman–Crippen LogP) is 3.94. The monoisotopic (exact) mass is 284 g/mol. The molecular weight excluding hydrogens is 256 g/mol. The maximum atomic E-state index is 5.78. The molecule has 1 rings (SSSR count). The van der Waals surface area contributed by atoms with Crippen LogP contribution in [0.3, 0.4) is 0 Å². The van der Waals surface area contributed by atoms with Crippen LogP contribution in [0.1, 0.15) is 62.7 Å². The van der Waals surface area contributed by atoms with E-state index in [-0.39, 0.29) is 6.10 Å². The van der Waals surface area contributed by atoms with Gasteiger partial charge in [-0.3, -0.25) is 0 Å². The molecule has 0 saturated carbocycles. The zero-order valence-electron chi connectivity index (χ0n) is 13.0. The molecule has 110 valence electrons.